The van der Waals surface area contributed by atoms with Crippen LogP contribution in [0.2, 0.25) is 0 Å². The fraction of sp³-hybridized carbons (Fsp3) is 0. The standard InChI is InChI=1S/C47H30N4/c1-4-14-31(15-5-1)36-24-25-38-40(28-36)39(47-49-45(32-16-6-2-7-17-32)48-46(50-47)33-18-8-3-9-19-33)26-27-43(38)51-42-23-13-12-22-37(42)41-29-34-20-10-11-21-35(34)30-44(41)51/h1-30H. The smallest absolute Gasteiger partial charge is 0.164 e. The van der Waals surface area contributed by atoms with E-state index >= 15 is 0 Å². The summed E-state index contributed by atoms with van der Waals surface area (Å²) in [5, 5.41) is 7.11. The van der Waals surface area contributed by atoms with Gasteiger partial charge < -0.3 is 4.57 Å². The zero-order valence-electron chi connectivity index (χ0n) is 27.6. The van der Waals surface area contributed by atoms with Crippen molar-refractivity contribution in [2.45, 2.75) is 0 Å². The van der Waals surface area contributed by atoms with Crippen molar-refractivity contribution < 1.29 is 0 Å². The summed E-state index contributed by atoms with van der Waals surface area (Å²) in [6.07, 6.45) is 0. The zero-order valence-corrected chi connectivity index (χ0v) is 27.6. The molecule has 0 fully saturated rings. The molecule has 0 aliphatic carbocycles. The molecule has 4 heteroatoms. The van der Waals surface area contributed by atoms with Crippen LogP contribution in [0.25, 0.3) is 94.3 Å². The van der Waals surface area contributed by atoms with Crippen LogP contribution in [0.3, 0.4) is 0 Å². The lowest BCUT2D eigenvalue weighted by molar-refractivity contribution is 1.08. The molecule has 0 aliphatic heterocycles. The second-order valence-corrected chi connectivity index (χ2v) is 12.9. The number of para-hydroxylation sites is 1. The van der Waals surface area contributed by atoms with Crippen molar-refractivity contribution in [1.29, 1.82) is 0 Å². The molecule has 0 saturated heterocycles. The largest absolute Gasteiger partial charge is 0.309 e. The first kappa shape index (κ1) is 29.0. The second kappa shape index (κ2) is 11.9. The number of nitrogens with zero attached hydrogens (tertiary/aromatic N) is 4. The van der Waals surface area contributed by atoms with Gasteiger partial charge in [-0.3, -0.25) is 0 Å². The van der Waals surface area contributed by atoms with E-state index in [1.807, 2.05) is 36.4 Å². The maximum absolute atomic E-state index is 5.15. The van der Waals surface area contributed by atoms with Crippen molar-refractivity contribution in [2.75, 3.05) is 0 Å². The van der Waals surface area contributed by atoms with Crippen molar-refractivity contribution in [3.8, 4) is 51.0 Å². The molecule has 8 aromatic carbocycles. The van der Waals surface area contributed by atoms with E-state index in [0.29, 0.717) is 17.5 Å². The molecule has 2 aromatic heterocycles. The molecule has 0 N–H and O–H groups in total. The summed E-state index contributed by atoms with van der Waals surface area (Å²) in [7, 11) is 0. The number of hydrogen-bond donors (Lipinski definition) is 0. The van der Waals surface area contributed by atoms with Gasteiger partial charge in [0, 0.05) is 32.8 Å². The van der Waals surface area contributed by atoms with E-state index in [-0.39, 0.29) is 0 Å². The Bertz CT molecular complexity index is 2840. The highest BCUT2D eigenvalue weighted by Crippen LogP contribution is 2.40. The Morgan fingerprint density at radius 2 is 0.882 bits per heavy atom. The third kappa shape index (κ3) is 4.96. The highest BCUT2D eigenvalue weighted by molar-refractivity contribution is 6.15. The molecule has 0 saturated carbocycles. The Hall–Kier alpha value is -6.91. The average Bonchev–Trinajstić information content (AvgIpc) is 3.53. The van der Waals surface area contributed by atoms with Crippen molar-refractivity contribution >= 4 is 43.4 Å². The molecule has 0 atom stereocenters. The molecule has 10 rings (SSSR count). The van der Waals surface area contributed by atoms with Gasteiger partial charge in [-0.25, -0.2) is 15.0 Å². The minimum Gasteiger partial charge on any atom is -0.309 e. The van der Waals surface area contributed by atoms with Gasteiger partial charge in [-0.05, 0) is 63.7 Å². The van der Waals surface area contributed by atoms with E-state index < -0.39 is 0 Å². The summed E-state index contributed by atoms with van der Waals surface area (Å²) >= 11 is 0. The van der Waals surface area contributed by atoms with Gasteiger partial charge in [0.15, 0.2) is 17.5 Å². The predicted octanol–water partition coefficient (Wildman–Crippen LogP) is 11.9. The lowest BCUT2D eigenvalue weighted by Crippen LogP contribution is -2.02. The van der Waals surface area contributed by atoms with Gasteiger partial charge in [-0.15, -0.1) is 0 Å². The zero-order chi connectivity index (χ0) is 33.7. The van der Waals surface area contributed by atoms with Crippen molar-refractivity contribution in [3.05, 3.63) is 182 Å². The predicted molar refractivity (Wildman–Crippen MR) is 211 cm³/mol. The van der Waals surface area contributed by atoms with Crippen LogP contribution in [-0.4, -0.2) is 19.5 Å². The van der Waals surface area contributed by atoms with Gasteiger partial charge >= 0.3 is 0 Å². The van der Waals surface area contributed by atoms with Crippen molar-refractivity contribution in [2.24, 2.45) is 0 Å². The Balaban J connectivity index is 1.28. The summed E-state index contributed by atoms with van der Waals surface area (Å²) in [5.74, 6) is 1.92. The molecular weight excluding hydrogens is 621 g/mol. The minimum atomic E-state index is 0.637. The monoisotopic (exact) mass is 650 g/mol. The quantitative estimate of drug-likeness (QED) is 0.186. The summed E-state index contributed by atoms with van der Waals surface area (Å²) in [6.45, 7) is 0. The highest BCUT2D eigenvalue weighted by atomic mass is 15.0. The third-order valence-corrected chi connectivity index (χ3v) is 9.82. The van der Waals surface area contributed by atoms with E-state index in [0.717, 1.165) is 44.3 Å². The first-order valence-electron chi connectivity index (χ1n) is 17.2. The van der Waals surface area contributed by atoms with Crippen molar-refractivity contribution in [1.82, 2.24) is 19.5 Å². The molecule has 0 spiro atoms. The van der Waals surface area contributed by atoms with Gasteiger partial charge in [-0.1, -0.05) is 146 Å². The van der Waals surface area contributed by atoms with Gasteiger partial charge in [0.25, 0.3) is 0 Å². The van der Waals surface area contributed by atoms with E-state index in [2.05, 4.69) is 150 Å². The van der Waals surface area contributed by atoms with Crippen LogP contribution < -0.4 is 0 Å². The maximum atomic E-state index is 5.15. The first-order valence-corrected chi connectivity index (χ1v) is 17.2. The number of aromatic nitrogens is 4. The van der Waals surface area contributed by atoms with Crippen LogP contribution in [0.1, 0.15) is 0 Å². The topological polar surface area (TPSA) is 43.6 Å². The van der Waals surface area contributed by atoms with E-state index in [1.54, 1.807) is 0 Å². The fourth-order valence-electron chi connectivity index (χ4n) is 7.38. The number of fused-ring (bicyclic) bond motifs is 5. The third-order valence-electron chi connectivity index (χ3n) is 9.82. The molecule has 2 heterocycles. The minimum absolute atomic E-state index is 0.637. The van der Waals surface area contributed by atoms with Crippen LogP contribution >= 0.6 is 0 Å². The highest BCUT2D eigenvalue weighted by Gasteiger charge is 2.20. The lowest BCUT2D eigenvalue weighted by Gasteiger charge is -2.16. The van der Waals surface area contributed by atoms with Crippen LogP contribution in [0.5, 0.6) is 0 Å². The van der Waals surface area contributed by atoms with Crippen LogP contribution in [0, 0.1) is 0 Å². The van der Waals surface area contributed by atoms with E-state index in [1.165, 1.54) is 32.6 Å². The lowest BCUT2D eigenvalue weighted by atomic mass is 9.96. The Labute approximate surface area is 295 Å². The first-order chi connectivity index (χ1) is 25.3. The Morgan fingerprint density at radius 1 is 0.314 bits per heavy atom. The SMILES string of the molecule is c1ccc(-c2ccc3c(-n4c5ccccc5c5cc6ccccc6cc54)ccc(-c4nc(-c5ccccc5)nc(-c5ccccc5)n4)c3c2)cc1. The van der Waals surface area contributed by atoms with Gasteiger partial charge in [0.1, 0.15) is 0 Å². The Kier molecular flexibility index (Phi) is 6.78. The van der Waals surface area contributed by atoms with E-state index in [4.69, 9.17) is 15.0 Å². The average molecular weight is 651 g/mol. The molecule has 0 amide bonds. The molecule has 0 radical (unpaired) electrons. The molecule has 0 bridgehead atoms. The van der Waals surface area contributed by atoms with E-state index in [9.17, 15) is 0 Å². The van der Waals surface area contributed by atoms with Crippen molar-refractivity contribution in [3.63, 3.8) is 0 Å². The molecule has 4 nitrogen and oxygen atoms in total. The maximum Gasteiger partial charge on any atom is 0.164 e. The normalized spacial score (nSPS) is 11.5. The second-order valence-electron chi connectivity index (χ2n) is 12.9. The molecule has 0 unspecified atom stereocenters. The summed E-state index contributed by atoms with van der Waals surface area (Å²) in [4.78, 5) is 15.3. The molecule has 10 aromatic rings. The molecular formula is C47H30N4. The van der Waals surface area contributed by atoms with Crippen LogP contribution in [-0.2, 0) is 0 Å². The fourth-order valence-corrected chi connectivity index (χ4v) is 7.38. The van der Waals surface area contributed by atoms with Gasteiger partial charge in [0.05, 0.1) is 16.7 Å². The number of hydrogen-bond acceptors (Lipinski definition) is 3. The molecule has 0 aliphatic rings. The number of benzene rings is 8. The number of rotatable bonds is 5. The summed E-state index contributed by atoms with van der Waals surface area (Å²) in [5.41, 5.74) is 8.59. The Morgan fingerprint density at radius 3 is 1.57 bits per heavy atom. The van der Waals surface area contributed by atoms with Crippen LogP contribution in [0.15, 0.2) is 182 Å². The summed E-state index contributed by atoms with van der Waals surface area (Å²) < 4.78 is 2.42. The summed E-state index contributed by atoms with van der Waals surface area (Å²) in [6, 6.07) is 64.0. The molecule has 51 heavy (non-hydrogen) atoms. The van der Waals surface area contributed by atoms with Gasteiger partial charge in [0.2, 0.25) is 0 Å². The van der Waals surface area contributed by atoms with Gasteiger partial charge in [-0.2, -0.15) is 0 Å². The van der Waals surface area contributed by atoms with Crippen LogP contribution in [0.4, 0.5) is 0 Å². The molecule has 238 valence electrons.